The fourth-order valence-corrected chi connectivity index (χ4v) is 7.74. The van der Waals surface area contributed by atoms with Crippen LogP contribution in [-0.4, -0.2) is 15.2 Å². The molecule has 9 rings (SSSR count). The summed E-state index contributed by atoms with van der Waals surface area (Å²) in [5.41, 5.74) is 11.9. The normalized spacial score (nSPS) is 11.9. The van der Waals surface area contributed by atoms with Crippen LogP contribution in [0.25, 0.3) is 44.7 Å². The fraction of sp³-hybridized carbons (Fsp3) is 0.228. The smallest absolute Gasteiger partial charge is 0.248 e. The van der Waals surface area contributed by atoms with Gasteiger partial charge in [-0.2, -0.15) is 0 Å². The van der Waals surface area contributed by atoms with Crippen LogP contribution in [0, 0.1) is 0 Å². The molecule has 0 fully saturated rings. The van der Waals surface area contributed by atoms with Crippen molar-refractivity contribution in [2.45, 2.75) is 85.4 Å². The monoisotopic (exact) mass is 861 g/mol. The number of nitrogens with one attached hydrogen (secondary N) is 1. The molecule has 7 aromatic carbocycles. The topological polar surface area (TPSA) is 91.6 Å². The van der Waals surface area contributed by atoms with Crippen LogP contribution in [0.1, 0.15) is 80.5 Å². The molecular weight excluding hydrogens is 807 g/mol. The maximum absolute atomic E-state index is 6.41. The molecule has 0 spiro atoms. The van der Waals surface area contributed by atoms with Crippen LogP contribution in [0.5, 0.6) is 17.2 Å². The Labute approximate surface area is 381 Å². The Balaban J connectivity index is 0.853. The van der Waals surface area contributed by atoms with Crippen molar-refractivity contribution in [3.63, 3.8) is 0 Å². The van der Waals surface area contributed by atoms with Crippen molar-refractivity contribution in [2.24, 2.45) is 0 Å². The summed E-state index contributed by atoms with van der Waals surface area (Å²) in [7, 11) is 0. The van der Waals surface area contributed by atoms with Crippen LogP contribution in [-0.2, 0) is 48.6 Å². The van der Waals surface area contributed by atoms with Crippen molar-refractivity contribution in [3.8, 4) is 40.2 Å². The molecule has 328 valence electrons. The second-order valence-electron chi connectivity index (χ2n) is 18.7. The SMILES string of the molecule is CC(C)(C)c1ccc(COCc2ccc(COc3cc(COc4ccc5c(c4)[nH]c4ccccc45)cc(OCc4ccc(-c5nnc(-c6ccc(C(C)(C)C)cc6)o5)cc4)c3)cc2)cc1. The summed E-state index contributed by atoms with van der Waals surface area (Å²) >= 11 is 0. The van der Waals surface area contributed by atoms with E-state index in [1.807, 2.05) is 66.7 Å². The van der Waals surface area contributed by atoms with Crippen LogP contribution in [0.2, 0.25) is 0 Å². The average Bonchev–Trinajstić information content (AvgIpc) is 3.95. The van der Waals surface area contributed by atoms with Crippen molar-refractivity contribution in [2.75, 3.05) is 0 Å². The van der Waals surface area contributed by atoms with Crippen LogP contribution < -0.4 is 14.2 Å². The summed E-state index contributed by atoms with van der Waals surface area (Å²) in [5, 5.41) is 11.0. The first-order valence-corrected chi connectivity index (χ1v) is 22.2. The van der Waals surface area contributed by atoms with E-state index in [0.717, 1.165) is 50.2 Å². The van der Waals surface area contributed by atoms with E-state index < -0.39 is 0 Å². The average molecular weight is 862 g/mol. The van der Waals surface area contributed by atoms with Crippen molar-refractivity contribution >= 4 is 21.8 Å². The second-order valence-corrected chi connectivity index (χ2v) is 18.7. The minimum absolute atomic E-state index is 0.0675. The third-order valence-corrected chi connectivity index (χ3v) is 11.6. The Morgan fingerprint density at radius 3 is 1.43 bits per heavy atom. The van der Waals surface area contributed by atoms with Crippen LogP contribution in [0.3, 0.4) is 0 Å². The van der Waals surface area contributed by atoms with Gasteiger partial charge in [0.2, 0.25) is 11.8 Å². The third kappa shape index (κ3) is 10.6. The van der Waals surface area contributed by atoms with Gasteiger partial charge in [-0.3, -0.25) is 0 Å². The lowest BCUT2D eigenvalue weighted by atomic mass is 9.87. The van der Waals surface area contributed by atoms with E-state index in [1.54, 1.807) is 0 Å². The zero-order chi connectivity index (χ0) is 45.0. The van der Waals surface area contributed by atoms with Crippen LogP contribution in [0.4, 0.5) is 0 Å². The molecule has 0 saturated carbocycles. The summed E-state index contributed by atoms with van der Waals surface area (Å²) in [6.45, 7) is 15.4. The van der Waals surface area contributed by atoms with Crippen LogP contribution in [0.15, 0.2) is 162 Å². The van der Waals surface area contributed by atoms with Crippen LogP contribution >= 0.6 is 0 Å². The molecule has 8 heteroatoms. The molecule has 0 bridgehead atoms. The molecule has 9 aromatic rings. The van der Waals surface area contributed by atoms with Gasteiger partial charge >= 0.3 is 0 Å². The molecule has 0 saturated heterocycles. The predicted molar refractivity (Wildman–Crippen MR) is 259 cm³/mol. The number of rotatable bonds is 15. The largest absolute Gasteiger partial charge is 0.489 e. The lowest BCUT2D eigenvalue weighted by Gasteiger charge is -2.19. The molecule has 2 heterocycles. The van der Waals surface area contributed by atoms with Gasteiger partial charge in [-0.25, -0.2) is 0 Å². The third-order valence-electron chi connectivity index (χ3n) is 11.6. The molecule has 0 atom stereocenters. The molecule has 2 aromatic heterocycles. The number of ether oxygens (including phenoxy) is 4. The summed E-state index contributed by atoms with van der Waals surface area (Å²) in [6.07, 6.45) is 0. The number of H-pyrrole nitrogens is 1. The number of hydrogen-bond acceptors (Lipinski definition) is 7. The summed E-state index contributed by atoms with van der Waals surface area (Å²) in [6, 6.07) is 53.8. The molecule has 0 aliphatic carbocycles. The maximum atomic E-state index is 6.41. The Morgan fingerprint density at radius 1 is 0.415 bits per heavy atom. The number of aromatic nitrogens is 3. The van der Waals surface area contributed by atoms with E-state index in [2.05, 4.69) is 148 Å². The first-order chi connectivity index (χ1) is 31.4. The number of benzene rings is 7. The van der Waals surface area contributed by atoms with Gasteiger partial charge in [0.15, 0.2) is 0 Å². The van der Waals surface area contributed by atoms with E-state index in [1.165, 1.54) is 27.5 Å². The zero-order valence-electron chi connectivity index (χ0n) is 38.0. The molecule has 0 radical (unpaired) electrons. The van der Waals surface area contributed by atoms with Crippen molar-refractivity contribution in [1.29, 1.82) is 0 Å². The minimum Gasteiger partial charge on any atom is -0.489 e. The number of hydrogen-bond donors (Lipinski definition) is 1. The number of aromatic amines is 1. The highest BCUT2D eigenvalue weighted by Crippen LogP contribution is 2.32. The molecule has 8 nitrogen and oxygen atoms in total. The molecule has 0 amide bonds. The minimum atomic E-state index is 0.0675. The van der Waals surface area contributed by atoms with Gasteiger partial charge in [0, 0.05) is 39.5 Å². The number of fused-ring (bicyclic) bond motifs is 3. The number of para-hydroxylation sites is 1. The molecule has 0 aliphatic heterocycles. The van der Waals surface area contributed by atoms with Gasteiger partial charge in [0.25, 0.3) is 0 Å². The van der Waals surface area contributed by atoms with Gasteiger partial charge in [-0.05, 0) is 104 Å². The standard InChI is InChI=1S/C57H55N3O5/c1-56(2,3)45-23-17-39(18-24-45)34-61-33-38-11-13-40(14-12-38)35-63-48-29-42(37-62-47-27-28-51-50-9-7-8-10-52(50)58-53(51)32-47)30-49(31-48)64-36-41-15-19-43(20-16-41)54-59-60-55(65-54)44-21-25-46(26-22-44)57(4,5)6/h7-32,58H,33-37H2,1-6H3. The summed E-state index contributed by atoms with van der Waals surface area (Å²) in [4.78, 5) is 3.51. The quantitative estimate of drug-likeness (QED) is 0.110. The van der Waals surface area contributed by atoms with Gasteiger partial charge in [-0.15, -0.1) is 10.2 Å². The van der Waals surface area contributed by atoms with Gasteiger partial charge in [0.1, 0.15) is 37.1 Å². The predicted octanol–water partition coefficient (Wildman–Crippen LogP) is 14.1. The maximum Gasteiger partial charge on any atom is 0.248 e. The lowest BCUT2D eigenvalue weighted by Crippen LogP contribution is -2.10. The second kappa shape index (κ2) is 18.5. The van der Waals surface area contributed by atoms with E-state index in [4.69, 9.17) is 23.4 Å². The van der Waals surface area contributed by atoms with Crippen molar-refractivity contribution in [3.05, 3.63) is 197 Å². The van der Waals surface area contributed by atoms with E-state index in [9.17, 15) is 0 Å². The highest BCUT2D eigenvalue weighted by molar-refractivity contribution is 6.07. The van der Waals surface area contributed by atoms with E-state index in [-0.39, 0.29) is 10.8 Å². The molecule has 1 N–H and O–H groups in total. The van der Waals surface area contributed by atoms with E-state index in [0.29, 0.717) is 56.3 Å². The van der Waals surface area contributed by atoms with Crippen molar-refractivity contribution < 1.29 is 23.4 Å². The zero-order valence-corrected chi connectivity index (χ0v) is 38.0. The van der Waals surface area contributed by atoms with Gasteiger partial charge in [0.05, 0.1) is 18.7 Å². The van der Waals surface area contributed by atoms with Gasteiger partial charge < -0.3 is 28.3 Å². The lowest BCUT2D eigenvalue weighted by molar-refractivity contribution is 0.107. The van der Waals surface area contributed by atoms with E-state index >= 15 is 0 Å². The Bertz CT molecular complexity index is 3010. The van der Waals surface area contributed by atoms with Crippen molar-refractivity contribution in [1.82, 2.24) is 15.2 Å². The first kappa shape index (κ1) is 43.1. The Morgan fingerprint density at radius 2 is 0.862 bits per heavy atom. The summed E-state index contributed by atoms with van der Waals surface area (Å²) in [5.74, 6) is 3.09. The van der Waals surface area contributed by atoms with Gasteiger partial charge in [-0.1, -0.05) is 133 Å². The molecular formula is C57H55N3O5. The number of nitrogens with zero attached hydrogens (tertiary/aromatic N) is 2. The highest BCUT2D eigenvalue weighted by atomic mass is 16.5. The Kier molecular flexibility index (Phi) is 12.3. The molecule has 0 unspecified atom stereocenters. The Hall–Kier alpha value is -7.16. The molecule has 0 aliphatic rings. The fourth-order valence-electron chi connectivity index (χ4n) is 7.74. The summed E-state index contributed by atoms with van der Waals surface area (Å²) < 4.78 is 31.3. The highest BCUT2D eigenvalue weighted by Gasteiger charge is 2.17. The first-order valence-electron chi connectivity index (χ1n) is 22.2. The molecule has 65 heavy (non-hydrogen) atoms.